The molecule has 0 spiro atoms. The summed E-state index contributed by atoms with van der Waals surface area (Å²) in [6, 6.07) is 0. The number of carbonyl (C=O) groups excluding carboxylic acids is 1. The minimum atomic E-state index is -0.418. The smallest absolute Gasteiger partial charge is 0.305 e. The number of hydrogen-bond acceptors (Lipinski definition) is 3. The van der Waals surface area contributed by atoms with E-state index in [0.717, 1.165) is 12.8 Å². The quantitative estimate of drug-likeness (QED) is 0.646. The molecule has 0 radical (unpaired) electrons. The highest BCUT2D eigenvalue weighted by molar-refractivity contribution is 5.69. The Balaban J connectivity index is 3.46. The molecule has 78 valence electrons. The Labute approximate surface area is 80.1 Å². The molecule has 0 aromatic heterocycles. The molecule has 0 aliphatic rings. The molecule has 0 fully saturated rings. The minimum Gasteiger partial charge on any atom is -0.465 e. The fraction of sp³-hybridized carbons (Fsp3) is 0.900. The SMILES string of the molecule is CCCCC(=O)OCC(C)C(C)O. The van der Waals surface area contributed by atoms with Crippen molar-refractivity contribution in [1.29, 1.82) is 0 Å². The van der Waals surface area contributed by atoms with Gasteiger partial charge >= 0.3 is 5.97 Å². The fourth-order valence-electron chi connectivity index (χ4n) is 0.757. The number of carbonyl (C=O) groups is 1. The molecular weight excluding hydrogens is 168 g/mol. The summed E-state index contributed by atoms with van der Waals surface area (Å²) in [5.74, 6) is -0.139. The molecule has 1 N–H and O–H groups in total. The Hall–Kier alpha value is -0.570. The van der Waals surface area contributed by atoms with E-state index in [1.165, 1.54) is 0 Å². The van der Waals surface area contributed by atoms with Crippen LogP contribution in [0, 0.1) is 5.92 Å². The Morgan fingerprint density at radius 2 is 2.08 bits per heavy atom. The monoisotopic (exact) mass is 188 g/mol. The molecule has 3 heteroatoms. The second-order valence-corrected chi connectivity index (χ2v) is 3.50. The first-order valence-corrected chi connectivity index (χ1v) is 4.91. The van der Waals surface area contributed by atoms with Crippen molar-refractivity contribution in [3.63, 3.8) is 0 Å². The maximum Gasteiger partial charge on any atom is 0.305 e. The highest BCUT2D eigenvalue weighted by atomic mass is 16.5. The van der Waals surface area contributed by atoms with Crippen LogP contribution in [0.1, 0.15) is 40.0 Å². The van der Waals surface area contributed by atoms with Crippen molar-refractivity contribution in [2.75, 3.05) is 6.61 Å². The van der Waals surface area contributed by atoms with Gasteiger partial charge in [0.2, 0.25) is 0 Å². The predicted octanol–water partition coefficient (Wildman–Crippen LogP) is 1.74. The second kappa shape index (κ2) is 6.89. The van der Waals surface area contributed by atoms with Crippen LogP contribution in [0.25, 0.3) is 0 Å². The molecule has 0 rings (SSSR count). The molecule has 0 heterocycles. The highest BCUT2D eigenvalue weighted by Crippen LogP contribution is 2.04. The van der Waals surface area contributed by atoms with Gasteiger partial charge in [-0.1, -0.05) is 20.3 Å². The van der Waals surface area contributed by atoms with Crippen LogP contribution < -0.4 is 0 Å². The number of rotatable bonds is 6. The largest absolute Gasteiger partial charge is 0.465 e. The maximum absolute atomic E-state index is 11.0. The van der Waals surface area contributed by atoms with Crippen molar-refractivity contribution in [1.82, 2.24) is 0 Å². The normalized spacial score (nSPS) is 15.1. The van der Waals surface area contributed by atoms with Gasteiger partial charge in [0.05, 0.1) is 12.7 Å². The Kier molecular flexibility index (Phi) is 6.59. The van der Waals surface area contributed by atoms with E-state index in [4.69, 9.17) is 9.84 Å². The van der Waals surface area contributed by atoms with E-state index in [1.54, 1.807) is 6.92 Å². The van der Waals surface area contributed by atoms with Crippen molar-refractivity contribution in [3.8, 4) is 0 Å². The van der Waals surface area contributed by atoms with Crippen molar-refractivity contribution >= 4 is 5.97 Å². The van der Waals surface area contributed by atoms with Gasteiger partial charge in [0, 0.05) is 12.3 Å². The van der Waals surface area contributed by atoms with E-state index in [0.29, 0.717) is 13.0 Å². The van der Waals surface area contributed by atoms with E-state index in [1.807, 2.05) is 13.8 Å². The molecule has 0 aliphatic carbocycles. The minimum absolute atomic E-state index is 0.0191. The molecule has 0 saturated heterocycles. The van der Waals surface area contributed by atoms with E-state index >= 15 is 0 Å². The average Bonchev–Trinajstić information content (AvgIpc) is 2.10. The first kappa shape index (κ1) is 12.4. The summed E-state index contributed by atoms with van der Waals surface area (Å²) in [6.07, 6.45) is 1.95. The van der Waals surface area contributed by atoms with Gasteiger partial charge in [0.15, 0.2) is 0 Å². The molecule has 13 heavy (non-hydrogen) atoms. The molecule has 0 aromatic rings. The number of aliphatic hydroxyl groups is 1. The summed E-state index contributed by atoms with van der Waals surface area (Å²) in [7, 11) is 0. The van der Waals surface area contributed by atoms with Crippen LogP contribution in [0.2, 0.25) is 0 Å². The van der Waals surface area contributed by atoms with Crippen LogP contribution in [0.4, 0.5) is 0 Å². The molecule has 0 saturated carbocycles. The zero-order valence-electron chi connectivity index (χ0n) is 8.75. The summed E-state index contributed by atoms with van der Waals surface area (Å²) in [5, 5.41) is 9.12. The molecule has 0 aromatic carbocycles. The summed E-state index contributed by atoms with van der Waals surface area (Å²) in [6.45, 7) is 5.91. The third kappa shape index (κ3) is 6.58. The van der Waals surface area contributed by atoms with Gasteiger partial charge in [-0.3, -0.25) is 4.79 Å². The second-order valence-electron chi connectivity index (χ2n) is 3.50. The Morgan fingerprint density at radius 3 is 2.54 bits per heavy atom. The number of unbranched alkanes of at least 4 members (excludes halogenated alkanes) is 1. The van der Waals surface area contributed by atoms with Gasteiger partial charge in [-0.25, -0.2) is 0 Å². The van der Waals surface area contributed by atoms with Crippen LogP contribution in [-0.2, 0) is 9.53 Å². The lowest BCUT2D eigenvalue weighted by Crippen LogP contribution is -2.20. The number of aliphatic hydroxyl groups excluding tert-OH is 1. The number of esters is 1. The topological polar surface area (TPSA) is 46.5 Å². The molecular formula is C10H20O3. The lowest BCUT2D eigenvalue weighted by molar-refractivity contribution is -0.145. The van der Waals surface area contributed by atoms with Crippen LogP contribution in [-0.4, -0.2) is 23.8 Å². The first-order valence-electron chi connectivity index (χ1n) is 4.91. The van der Waals surface area contributed by atoms with Crippen molar-refractivity contribution < 1.29 is 14.6 Å². The molecule has 0 bridgehead atoms. The van der Waals surface area contributed by atoms with E-state index in [9.17, 15) is 4.79 Å². The summed E-state index contributed by atoms with van der Waals surface area (Å²) < 4.78 is 4.97. The van der Waals surface area contributed by atoms with Gasteiger partial charge in [-0.15, -0.1) is 0 Å². The van der Waals surface area contributed by atoms with Gasteiger partial charge < -0.3 is 9.84 Å². The van der Waals surface area contributed by atoms with Crippen molar-refractivity contribution in [2.45, 2.75) is 46.1 Å². The number of ether oxygens (including phenoxy) is 1. The fourth-order valence-corrected chi connectivity index (χ4v) is 0.757. The average molecular weight is 188 g/mol. The Bertz CT molecular complexity index is 143. The van der Waals surface area contributed by atoms with Crippen LogP contribution >= 0.6 is 0 Å². The van der Waals surface area contributed by atoms with Crippen LogP contribution in [0.3, 0.4) is 0 Å². The molecule has 2 atom stereocenters. The zero-order chi connectivity index (χ0) is 10.3. The molecule has 0 aliphatic heterocycles. The van der Waals surface area contributed by atoms with Gasteiger partial charge in [-0.05, 0) is 13.3 Å². The predicted molar refractivity (Wildman–Crippen MR) is 51.3 cm³/mol. The van der Waals surface area contributed by atoms with E-state index in [2.05, 4.69) is 0 Å². The first-order chi connectivity index (χ1) is 6.07. The number of hydrogen-bond donors (Lipinski definition) is 1. The van der Waals surface area contributed by atoms with Gasteiger partial charge in [0.25, 0.3) is 0 Å². The van der Waals surface area contributed by atoms with Crippen LogP contribution in [0.15, 0.2) is 0 Å². The third-order valence-corrected chi connectivity index (χ3v) is 2.07. The summed E-state index contributed by atoms with van der Waals surface area (Å²) in [4.78, 5) is 11.0. The summed E-state index contributed by atoms with van der Waals surface area (Å²) in [5.41, 5.74) is 0. The lowest BCUT2D eigenvalue weighted by Gasteiger charge is -2.14. The van der Waals surface area contributed by atoms with Crippen LogP contribution in [0.5, 0.6) is 0 Å². The maximum atomic E-state index is 11.0. The van der Waals surface area contributed by atoms with Gasteiger partial charge in [0.1, 0.15) is 0 Å². The van der Waals surface area contributed by atoms with Crippen molar-refractivity contribution in [3.05, 3.63) is 0 Å². The van der Waals surface area contributed by atoms with E-state index in [-0.39, 0.29) is 11.9 Å². The highest BCUT2D eigenvalue weighted by Gasteiger charge is 2.11. The zero-order valence-corrected chi connectivity index (χ0v) is 8.75. The molecule has 2 unspecified atom stereocenters. The lowest BCUT2D eigenvalue weighted by atomic mass is 10.1. The Morgan fingerprint density at radius 1 is 1.46 bits per heavy atom. The van der Waals surface area contributed by atoms with E-state index < -0.39 is 6.10 Å². The molecule has 0 amide bonds. The third-order valence-electron chi connectivity index (χ3n) is 2.07. The standard InChI is InChI=1S/C10H20O3/c1-4-5-6-10(12)13-7-8(2)9(3)11/h8-9,11H,4-7H2,1-3H3. The molecule has 3 nitrogen and oxygen atoms in total. The van der Waals surface area contributed by atoms with Gasteiger partial charge in [-0.2, -0.15) is 0 Å². The van der Waals surface area contributed by atoms with Crippen molar-refractivity contribution in [2.24, 2.45) is 5.92 Å². The summed E-state index contributed by atoms with van der Waals surface area (Å²) >= 11 is 0.